The van der Waals surface area contributed by atoms with E-state index in [4.69, 9.17) is 19.3 Å². The van der Waals surface area contributed by atoms with Gasteiger partial charge in [-0.15, -0.1) is 0 Å². The van der Waals surface area contributed by atoms with Gasteiger partial charge < -0.3 is 19.3 Å². The number of rotatable bonds is 5. The van der Waals surface area contributed by atoms with Crippen molar-refractivity contribution in [3.63, 3.8) is 0 Å². The van der Waals surface area contributed by atoms with Crippen molar-refractivity contribution in [1.82, 2.24) is 0 Å². The highest BCUT2D eigenvalue weighted by Gasteiger charge is 2.32. The van der Waals surface area contributed by atoms with Gasteiger partial charge in [0.05, 0.1) is 32.5 Å². The molecule has 0 unspecified atom stereocenters. The van der Waals surface area contributed by atoms with E-state index in [0.717, 1.165) is 0 Å². The summed E-state index contributed by atoms with van der Waals surface area (Å²) in [4.78, 5) is 0. The molecule has 0 saturated carbocycles. The van der Waals surface area contributed by atoms with Gasteiger partial charge in [0.1, 0.15) is 0 Å². The number of hydrogen-bond donors (Lipinski definition) is 1. The van der Waals surface area contributed by atoms with Crippen LogP contribution in [0.1, 0.15) is 20.3 Å². The van der Waals surface area contributed by atoms with E-state index in [2.05, 4.69) is 0 Å². The van der Waals surface area contributed by atoms with Gasteiger partial charge in [0.15, 0.2) is 5.79 Å². The van der Waals surface area contributed by atoms with E-state index in [9.17, 15) is 0 Å². The van der Waals surface area contributed by atoms with Crippen LogP contribution in [0.2, 0.25) is 0 Å². The maximum absolute atomic E-state index is 8.55. The quantitative estimate of drug-likeness (QED) is 0.687. The zero-order valence-electron chi connectivity index (χ0n) is 8.28. The maximum Gasteiger partial charge on any atom is 0.168 e. The second kappa shape index (κ2) is 4.91. The van der Waals surface area contributed by atoms with Crippen molar-refractivity contribution in [2.24, 2.45) is 0 Å². The fourth-order valence-corrected chi connectivity index (χ4v) is 1.51. The molecule has 0 amide bonds. The average Bonchev–Trinajstić information content (AvgIpc) is 2.48. The summed E-state index contributed by atoms with van der Waals surface area (Å²) in [7, 11) is 0. The third-order valence-electron chi connectivity index (χ3n) is 2.05. The molecular formula is C9H18O4. The highest BCUT2D eigenvalue weighted by molar-refractivity contribution is 4.71. The average molecular weight is 190 g/mol. The van der Waals surface area contributed by atoms with E-state index in [0.29, 0.717) is 26.2 Å². The van der Waals surface area contributed by atoms with E-state index < -0.39 is 5.79 Å². The standard InChI is InChI=1S/C9H18O4/c1-8(11-4-3-10)7-9(2)12-5-6-13-9/h8,10H,3-7H2,1-2H3/t8-/m0/s1. The highest BCUT2D eigenvalue weighted by Crippen LogP contribution is 2.24. The predicted octanol–water partition coefficient (Wildman–Crippen LogP) is 0.537. The SMILES string of the molecule is C[C@@H](CC1(C)OCCO1)OCCO. The fourth-order valence-electron chi connectivity index (χ4n) is 1.51. The topological polar surface area (TPSA) is 47.9 Å². The monoisotopic (exact) mass is 190 g/mol. The lowest BCUT2D eigenvalue weighted by molar-refractivity contribution is -0.167. The summed E-state index contributed by atoms with van der Waals surface area (Å²) in [6, 6.07) is 0. The molecule has 1 heterocycles. The van der Waals surface area contributed by atoms with E-state index in [-0.39, 0.29) is 12.7 Å². The molecule has 4 nitrogen and oxygen atoms in total. The van der Waals surface area contributed by atoms with Gasteiger partial charge in [-0.3, -0.25) is 0 Å². The van der Waals surface area contributed by atoms with Crippen LogP contribution in [0, 0.1) is 0 Å². The molecule has 1 fully saturated rings. The molecule has 0 aromatic carbocycles. The lowest BCUT2D eigenvalue weighted by atomic mass is 10.1. The minimum atomic E-state index is -0.491. The van der Waals surface area contributed by atoms with E-state index >= 15 is 0 Å². The number of aliphatic hydroxyl groups is 1. The minimum absolute atomic E-state index is 0.0512. The van der Waals surface area contributed by atoms with E-state index in [1.807, 2.05) is 13.8 Å². The summed E-state index contributed by atoms with van der Waals surface area (Å²) in [6.45, 7) is 5.61. The van der Waals surface area contributed by atoms with Gasteiger partial charge in [-0.05, 0) is 13.8 Å². The molecule has 1 atom stereocenters. The van der Waals surface area contributed by atoms with Gasteiger partial charge in [-0.1, -0.05) is 0 Å². The Labute approximate surface area is 78.8 Å². The third kappa shape index (κ3) is 3.60. The number of ether oxygens (including phenoxy) is 3. The van der Waals surface area contributed by atoms with Crippen molar-refractivity contribution in [3.05, 3.63) is 0 Å². The van der Waals surface area contributed by atoms with Crippen molar-refractivity contribution in [2.45, 2.75) is 32.2 Å². The molecule has 1 aliphatic heterocycles. The van der Waals surface area contributed by atoms with Crippen molar-refractivity contribution in [2.75, 3.05) is 26.4 Å². The van der Waals surface area contributed by atoms with Gasteiger partial charge in [-0.25, -0.2) is 0 Å². The van der Waals surface area contributed by atoms with Crippen LogP contribution in [0.4, 0.5) is 0 Å². The Hall–Kier alpha value is -0.160. The largest absolute Gasteiger partial charge is 0.394 e. The molecule has 78 valence electrons. The Morgan fingerprint density at radius 2 is 2.08 bits per heavy atom. The summed E-state index contributed by atoms with van der Waals surface area (Å²) in [5.41, 5.74) is 0. The molecule has 0 aromatic heterocycles. The molecule has 4 heteroatoms. The molecule has 1 saturated heterocycles. The highest BCUT2D eigenvalue weighted by atomic mass is 16.7. The van der Waals surface area contributed by atoms with Crippen molar-refractivity contribution in [1.29, 1.82) is 0 Å². The van der Waals surface area contributed by atoms with Gasteiger partial charge in [0.2, 0.25) is 0 Å². The summed E-state index contributed by atoms with van der Waals surface area (Å²) >= 11 is 0. The molecule has 0 spiro atoms. The van der Waals surface area contributed by atoms with Gasteiger partial charge in [-0.2, -0.15) is 0 Å². The third-order valence-corrected chi connectivity index (χ3v) is 2.05. The predicted molar refractivity (Wildman–Crippen MR) is 47.4 cm³/mol. The van der Waals surface area contributed by atoms with Crippen LogP contribution < -0.4 is 0 Å². The van der Waals surface area contributed by atoms with Crippen LogP contribution in [0.15, 0.2) is 0 Å². The van der Waals surface area contributed by atoms with Gasteiger partial charge in [0, 0.05) is 6.42 Å². The molecule has 0 aliphatic carbocycles. The Bertz CT molecular complexity index is 143. The van der Waals surface area contributed by atoms with Gasteiger partial charge in [0.25, 0.3) is 0 Å². The molecule has 0 aromatic rings. The smallest absolute Gasteiger partial charge is 0.168 e. The second-order valence-corrected chi connectivity index (χ2v) is 3.44. The maximum atomic E-state index is 8.55. The zero-order valence-corrected chi connectivity index (χ0v) is 8.28. The van der Waals surface area contributed by atoms with Crippen LogP contribution in [-0.4, -0.2) is 43.4 Å². The first kappa shape index (κ1) is 10.9. The Balaban J connectivity index is 2.21. The van der Waals surface area contributed by atoms with E-state index in [1.54, 1.807) is 0 Å². The molecule has 1 N–H and O–H groups in total. The van der Waals surface area contributed by atoms with Crippen molar-refractivity contribution in [3.8, 4) is 0 Å². The van der Waals surface area contributed by atoms with E-state index in [1.165, 1.54) is 0 Å². The molecule has 1 aliphatic rings. The fraction of sp³-hybridized carbons (Fsp3) is 1.00. The lowest BCUT2D eigenvalue weighted by Gasteiger charge is -2.25. The van der Waals surface area contributed by atoms with Crippen LogP contribution in [0.3, 0.4) is 0 Å². The van der Waals surface area contributed by atoms with Crippen LogP contribution in [-0.2, 0) is 14.2 Å². The van der Waals surface area contributed by atoms with Crippen molar-refractivity contribution < 1.29 is 19.3 Å². The molecular weight excluding hydrogens is 172 g/mol. The number of hydrogen-bond acceptors (Lipinski definition) is 4. The first-order chi connectivity index (χ1) is 6.16. The summed E-state index contributed by atoms with van der Waals surface area (Å²) in [6.07, 6.45) is 0.753. The van der Waals surface area contributed by atoms with Crippen LogP contribution in [0.5, 0.6) is 0 Å². The number of aliphatic hydroxyl groups excluding tert-OH is 1. The summed E-state index contributed by atoms with van der Waals surface area (Å²) in [5.74, 6) is -0.491. The second-order valence-electron chi connectivity index (χ2n) is 3.44. The Morgan fingerprint density at radius 1 is 1.46 bits per heavy atom. The summed E-state index contributed by atoms with van der Waals surface area (Å²) < 4.78 is 16.2. The molecule has 13 heavy (non-hydrogen) atoms. The first-order valence-electron chi connectivity index (χ1n) is 4.67. The molecule has 1 rings (SSSR count). The lowest BCUT2D eigenvalue weighted by Crippen LogP contribution is -2.31. The van der Waals surface area contributed by atoms with Crippen LogP contribution in [0.25, 0.3) is 0 Å². The Morgan fingerprint density at radius 3 is 2.62 bits per heavy atom. The van der Waals surface area contributed by atoms with Gasteiger partial charge >= 0.3 is 0 Å². The minimum Gasteiger partial charge on any atom is -0.394 e. The molecule has 0 bridgehead atoms. The molecule has 0 radical (unpaired) electrons. The Kier molecular flexibility index (Phi) is 4.12. The normalized spacial score (nSPS) is 23.3. The first-order valence-corrected chi connectivity index (χ1v) is 4.67. The summed E-state index contributed by atoms with van der Waals surface area (Å²) in [5, 5.41) is 8.55. The van der Waals surface area contributed by atoms with Crippen molar-refractivity contribution >= 4 is 0 Å². The van der Waals surface area contributed by atoms with Crippen LogP contribution >= 0.6 is 0 Å². The zero-order chi connectivity index (χ0) is 9.73.